The van der Waals surface area contributed by atoms with Crippen LogP contribution in [0.2, 0.25) is 10.0 Å². The average Bonchev–Trinajstić information content (AvgIpc) is 2.41. The Morgan fingerprint density at radius 2 is 1.67 bits per heavy atom. The molecule has 0 aromatic heterocycles. The summed E-state index contributed by atoms with van der Waals surface area (Å²) in [5, 5.41) is 3.63. The molecule has 0 heterocycles. The van der Waals surface area contributed by atoms with E-state index in [0.29, 0.717) is 10.0 Å². The van der Waals surface area contributed by atoms with E-state index in [1.165, 1.54) is 12.1 Å². The quantitative estimate of drug-likeness (QED) is 0.706. The third-order valence-corrected chi connectivity index (χ3v) is 3.79. The molecule has 0 saturated heterocycles. The Balaban J connectivity index is 2.27. The van der Waals surface area contributed by atoms with Gasteiger partial charge in [-0.3, -0.25) is 0 Å². The molecule has 1 unspecified atom stereocenters. The molecular weight excluding hydrogens is 322 g/mol. The van der Waals surface area contributed by atoms with Crippen LogP contribution in [0.15, 0.2) is 42.5 Å². The van der Waals surface area contributed by atoms with Gasteiger partial charge in [0.25, 0.3) is 0 Å². The van der Waals surface area contributed by atoms with Crippen molar-refractivity contribution in [2.75, 3.05) is 5.32 Å². The van der Waals surface area contributed by atoms with Gasteiger partial charge in [-0.15, -0.1) is 0 Å². The van der Waals surface area contributed by atoms with Gasteiger partial charge in [-0.25, -0.2) is 0 Å². The first-order valence-corrected chi connectivity index (χ1v) is 6.92. The van der Waals surface area contributed by atoms with E-state index in [2.05, 4.69) is 5.32 Å². The monoisotopic (exact) mass is 333 g/mol. The largest absolute Gasteiger partial charge is 0.418 e. The number of alkyl halides is 3. The van der Waals surface area contributed by atoms with Crippen LogP contribution in [0.1, 0.15) is 24.1 Å². The summed E-state index contributed by atoms with van der Waals surface area (Å²) in [4.78, 5) is 0. The normalized spacial score (nSPS) is 13.0. The van der Waals surface area contributed by atoms with Crippen LogP contribution in [0.4, 0.5) is 18.9 Å². The van der Waals surface area contributed by atoms with E-state index in [0.717, 1.165) is 11.6 Å². The van der Waals surface area contributed by atoms with Crippen molar-refractivity contribution in [3.63, 3.8) is 0 Å². The lowest BCUT2D eigenvalue weighted by Crippen LogP contribution is -2.13. The number of anilines is 1. The van der Waals surface area contributed by atoms with E-state index < -0.39 is 11.7 Å². The molecular formula is C15H12Cl2F3N. The van der Waals surface area contributed by atoms with Crippen LogP contribution in [0.5, 0.6) is 0 Å². The van der Waals surface area contributed by atoms with Gasteiger partial charge in [0.2, 0.25) is 0 Å². The summed E-state index contributed by atoms with van der Waals surface area (Å²) < 4.78 is 38.8. The van der Waals surface area contributed by atoms with Crippen LogP contribution in [-0.2, 0) is 6.18 Å². The van der Waals surface area contributed by atoms with Crippen molar-refractivity contribution in [3.8, 4) is 0 Å². The summed E-state index contributed by atoms with van der Waals surface area (Å²) in [5.41, 5.74) is 0.0851. The van der Waals surface area contributed by atoms with Crippen molar-refractivity contribution in [2.24, 2.45) is 0 Å². The predicted octanol–water partition coefficient (Wildman–Crippen LogP) is 6.19. The zero-order valence-corrected chi connectivity index (χ0v) is 12.5. The van der Waals surface area contributed by atoms with Crippen molar-refractivity contribution in [2.45, 2.75) is 19.1 Å². The maximum absolute atomic E-state index is 12.9. The first kappa shape index (κ1) is 16.0. The third kappa shape index (κ3) is 3.83. The van der Waals surface area contributed by atoms with Crippen LogP contribution in [-0.4, -0.2) is 0 Å². The van der Waals surface area contributed by atoms with Crippen molar-refractivity contribution < 1.29 is 13.2 Å². The molecule has 6 heteroatoms. The minimum atomic E-state index is -4.40. The van der Waals surface area contributed by atoms with Gasteiger partial charge in [-0.05, 0) is 36.8 Å². The molecule has 2 aromatic rings. The van der Waals surface area contributed by atoms with E-state index in [9.17, 15) is 13.2 Å². The smallest absolute Gasteiger partial charge is 0.378 e. The first-order chi connectivity index (χ1) is 9.79. The first-order valence-electron chi connectivity index (χ1n) is 6.16. The maximum atomic E-state index is 12.9. The van der Waals surface area contributed by atoms with E-state index >= 15 is 0 Å². The zero-order chi connectivity index (χ0) is 15.6. The van der Waals surface area contributed by atoms with Crippen LogP contribution >= 0.6 is 23.2 Å². The second kappa shape index (κ2) is 6.16. The number of halogens is 5. The van der Waals surface area contributed by atoms with Crippen LogP contribution in [0.25, 0.3) is 0 Å². The predicted molar refractivity (Wildman–Crippen MR) is 79.9 cm³/mol. The fourth-order valence-electron chi connectivity index (χ4n) is 1.95. The molecule has 0 aliphatic rings. The fourth-order valence-corrected chi connectivity index (χ4v) is 2.26. The fraction of sp³-hybridized carbons (Fsp3) is 0.200. The zero-order valence-electron chi connectivity index (χ0n) is 11.0. The second-order valence-electron chi connectivity index (χ2n) is 4.58. The standard InChI is InChI=1S/C15H12Cl2F3N/c1-9(10-6-7-12(16)13(17)8-10)21-14-5-3-2-4-11(14)15(18,19)20/h2-9,21H,1H3. The summed E-state index contributed by atoms with van der Waals surface area (Å²) >= 11 is 11.8. The van der Waals surface area contributed by atoms with Crippen molar-refractivity contribution >= 4 is 28.9 Å². The van der Waals surface area contributed by atoms with Gasteiger partial charge in [-0.2, -0.15) is 13.2 Å². The number of nitrogens with one attached hydrogen (secondary N) is 1. The lowest BCUT2D eigenvalue weighted by Gasteiger charge is -2.20. The Kier molecular flexibility index (Phi) is 4.69. The van der Waals surface area contributed by atoms with Crippen molar-refractivity contribution in [3.05, 3.63) is 63.6 Å². The van der Waals surface area contributed by atoms with Crippen LogP contribution in [0.3, 0.4) is 0 Å². The van der Waals surface area contributed by atoms with Crippen molar-refractivity contribution in [1.29, 1.82) is 0 Å². The number of rotatable bonds is 3. The number of hydrogen-bond acceptors (Lipinski definition) is 1. The van der Waals surface area contributed by atoms with Crippen LogP contribution < -0.4 is 5.32 Å². The van der Waals surface area contributed by atoms with Gasteiger partial charge in [0.1, 0.15) is 0 Å². The molecule has 1 atom stereocenters. The SMILES string of the molecule is CC(Nc1ccccc1C(F)(F)F)c1ccc(Cl)c(Cl)c1. The molecule has 21 heavy (non-hydrogen) atoms. The van der Waals surface area contributed by atoms with E-state index in [1.54, 1.807) is 31.2 Å². The van der Waals surface area contributed by atoms with Gasteiger partial charge in [0.15, 0.2) is 0 Å². The number of hydrogen-bond donors (Lipinski definition) is 1. The van der Waals surface area contributed by atoms with Crippen molar-refractivity contribution in [1.82, 2.24) is 0 Å². The van der Waals surface area contributed by atoms with Gasteiger partial charge >= 0.3 is 6.18 Å². The molecule has 2 aromatic carbocycles. The van der Waals surface area contributed by atoms with Gasteiger partial charge in [-0.1, -0.05) is 41.4 Å². The molecule has 0 bridgehead atoms. The molecule has 0 fully saturated rings. The Bertz CT molecular complexity index is 641. The minimum absolute atomic E-state index is 0.0311. The molecule has 0 saturated carbocycles. The van der Waals surface area contributed by atoms with E-state index in [1.807, 2.05) is 0 Å². The summed E-state index contributed by atoms with van der Waals surface area (Å²) in [7, 11) is 0. The Morgan fingerprint density at radius 1 is 1.00 bits per heavy atom. The molecule has 0 spiro atoms. The lowest BCUT2D eigenvalue weighted by molar-refractivity contribution is -0.137. The van der Waals surface area contributed by atoms with Gasteiger partial charge < -0.3 is 5.32 Å². The highest BCUT2D eigenvalue weighted by molar-refractivity contribution is 6.42. The number of benzene rings is 2. The van der Waals surface area contributed by atoms with Crippen LogP contribution in [0, 0.1) is 0 Å². The van der Waals surface area contributed by atoms with Gasteiger partial charge in [0.05, 0.1) is 15.6 Å². The molecule has 0 aliphatic carbocycles. The summed E-state index contributed by atoms with van der Waals surface area (Å²) in [6, 6.07) is 9.99. The highest BCUT2D eigenvalue weighted by Gasteiger charge is 2.33. The third-order valence-electron chi connectivity index (χ3n) is 3.05. The highest BCUT2D eigenvalue weighted by atomic mass is 35.5. The molecule has 1 nitrogen and oxygen atoms in total. The lowest BCUT2D eigenvalue weighted by atomic mass is 10.1. The highest BCUT2D eigenvalue weighted by Crippen LogP contribution is 2.36. The number of para-hydroxylation sites is 1. The summed E-state index contributed by atoms with van der Waals surface area (Å²) in [6.45, 7) is 1.76. The average molecular weight is 334 g/mol. The molecule has 1 N–H and O–H groups in total. The van der Waals surface area contributed by atoms with E-state index in [-0.39, 0.29) is 11.7 Å². The minimum Gasteiger partial charge on any atom is -0.378 e. The van der Waals surface area contributed by atoms with E-state index in [4.69, 9.17) is 23.2 Å². The molecule has 0 radical (unpaired) electrons. The maximum Gasteiger partial charge on any atom is 0.418 e. The molecule has 2 rings (SSSR count). The summed E-state index contributed by atoms with van der Waals surface area (Å²) in [6.07, 6.45) is -4.40. The molecule has 112 valence electrons. The Labute approximate surface area is 130 Å². The Morgan fingerprint density at radius 3 is 2.29 bits per heavy atom. The topological polar surface area (TPSA) is 12.0 Å². The second-order valence-corrected chi connectivity index (χ2v) is 5.40. The van der Waals surface area contributed by atoms with Gasteiger partial charge in [0, 0.05) is 11.7 Å². The Hall–Kier alpha value is -1.39. The summed E-state index contributed by atoms with van der Waals surface area (Å²) in [5.74, 6) is 0. The molecule has 0 aliphatic heterocycles. The molecule has 0 amide bonds.